The number of nitrogens with one attached hydrogen (secondary N) is 2. The number of anilines is 1. The molecule has 2 heterocycles. The van der Waals surface area contributed by atoms with Crippen LogP contribution in [0.3, 0.4) is 0 Å². The van der Waals surface area contributed by atoms with Gasteiger partial charge in [-0.05, 0) is 38.0 Å². The minimum Gasteiger partial charge on any atom is -0.465 e. The van der Waals surface area contributed by atoms with Crippen molar-refractivity contribution in [3.05, 3.63) is 37.9 Å². The van der Waals surface area contributed by atoms with Crippen molar-refractivity contribution in [3.63, 3.8) is 0 Å². The van der Waals surface area contributed by atoms with Gasteiger partial charge in [-0.25, -0.2) is 9.59 Å². The van der Waals surface area contributed by atoms with Gasteiger partial charge in [-0.1, -0.05) is 6.92 Å². The Morgan fingerprint density at radius 3 is 2.48 bits per heavy atom. The van der Waals surface area contributed by atoms with Crippen LogP contribution >= 0.6 is 22.7 Å². The monoisotopic (exact) mass is 352 g/mol. The standard InChI is InChI=1S/C16H20N2O3S2/c1-5-11-6-7-12(23-11)8-17-16(20)18-14-13(15(19)21-4)9(2)10(3)22-14/h6-7H,5,8H2,1-4H3,(H2,17,18,20). The molecule has 0 spiro atoms. The third-order valence-corrected chi connectivity index (χ3v) is 5.84. The topological polar surface area (TPSA) is 67.4 Å². The van der Waals surface area contributed by atoms with Crippen molar-refractivity contribution in [2.75, 3.05) is 12.4 Å². The molecule has 0 aromatic carbocycles. The Kier molecular flexibility index (Phi) is 5.79. The molecule has 0 bridgehead atoms. The molecule has 7 heteroatoms. The first-order valence-corrected chi connectivity index (χ1v) is 8.90. The molecule has 0 fully saturated rings. The summed E-state index contributed by atoms with van der Waals surface area (Å²) in [6.07, 6.45) is 0.993. The zero-order chi connectivity index (χ0) is 17.0. The van der Waals surface area contributed by atoms with E-state index in [0.29, 0.717) is 17.1 Å². The quantitative estimate of drug-likeness (QED) is 0.796. The Morgan fingerprint density at radius 2 is 1.87 bits per heavy atom. The van der Waals surface area contributed by atoms with Crippen LogP contribution in [0, 0.1) is 13.8 Å². The van der Waals surface area contributed by atoms with Gasteiger partial charge in [-0.3, -0.25) is 5.32 Å². The molecule has 2 aromatic heterocycles. The van der Waals surface area contributed by atoms with Gasteiger partial charge < -0.3 is 10.1 Å². The molecule has 0 aliphatic rings. The number of urea groups is 1. The lowest BCUT2D eigenvalue weighted by Crippen LogP contribution is -2.28. The lowest BCUT2D eigenvalue weighted by molar-refractivity contribution is 0.0601. The summed E-state index contributed by atoms with van der Waals surface area (Å²) in [5, 5.41) is 6.08. The molecule has 0 saturated carbocycles. The van der Waals surface area contributed by atoms with Crippen LogP contribution in [-0.4, -0.2) is 19.1 Å². The normalized spacial score (nSPS) is 10.4. The molecule has 2 N–H and O–H groups in total. The minimum atomic E-state index is -0.437. The van der Waals surface area contributed by atoms with Gasteiger partial charge in [0.05, 0.1) is 19.2 Å². The number of aryl methyl sites for hydroxylation is 2. The number of hydrogen-bond donors (Lipinski definition) is 2. The van der Waals surface area contributed by atoms with Crippen molar-refractivity contribution in [2.24, 2.45) is 0 Å². The van der Waals surface area contributed by atoms with Gasteiger partial charge in [0.25, 0.3) is 0 Å². The number of thiophene rings is 2. The number of esters is 1. The number of ether oxygens (including phenoxy) is 1. The summed E-state index contributed by atoms with van der Waals surface area (Å²) in [5.41, 5.74) is 1.26. The van der Waals surface area contributed by atoms with Crippen LogP contribution in [0.2, 0.25) is 0 Å². The van der Waals surface area contributed by atoms with Crippen molar-refractivity contribution < 1.29 is 14.3 Å². The van der Waals surface area contributed by atoms with E-state index in [4.69, 9.17) is 4.74 Å². The maximum atomic E-state index is 12.1. The first-order valence-electron chi connectivity index (χ1n) is 7.27. The molecule has 0 radical (unpaired) electrons. The van der Waals surface area contributed by atoms with Crippen LogP contribution in [-0.2, 0) is 17.7 Å². The Labute approximate surface area is 143 Å². The van der Waals surface area contributed by atoms with Gasteiger partial charge in [0, 0.05) is 14.6 Å². The number of methoxy groups -OCH3 is 1. The number of amides is 2. The highest BCUT2D eigenvalue weighted by molar-refractivity contribution is 7.16. The third kappa shape index (κ3) is 4.11. The molecule has 2 aromatic rings. The van der Waals surface area contributed by atoms with Crippen molar-refractivity contribution in [1.29, 1.82) is 0 Å². The van der Waals surface area contributed by atoms with Gasteiger partial charge in [0.1, 0.15) is 5.00 Å². The van der Waals surface area contributed by atoms with Crippen LogP contribution < -0.4 is 10.6 Å². The van der Waals surface area contributed by atoms with Gasteiger partial charge in [0.2, 0.25) is 0 Å². The Balaban J connectivity index is 2.02. The smallest absolute Gasteiger partial charge is 0.341 e. The Bertz CT molecular complexity index is 719. The number of carbonyl (C=O) groups excluding carboxylic acids is 2. The molecule has 0 aliphatic heterocycles. The second kappa shape index (κ2) is 7.61. The summed E-state index contributed by atoms with van der Waals surface area (Å²) in [6, 6.07) is 3.76. The zero-order valence-electron chi connectivity index (χ0n) is 13.6. The van der Waals surface area contributed by atoms with E-state index in [0.717, 1.165) is 21.7 Å². The summed E-state index contributed by atoms with van der Waals surface area (Å²) in [6.45, 7) is 6.32. The molecule has 2 rings (SSSR count). The third-order valence-electron chi connectivity index (χ3n) is 3.49. The molecule has 5 nitrogen and oxygen atoms in total. The summed E-state index contributed by atoms with van der Waals surface area (Å²) in [5.74, 6) is -0.437. The fourth-order valence-corrected chi connectivity index (χ4v) is 4.03. The molecule has 124 valence electrons. The largest absolute Gasteiger partial charge is 0.465 e. The van der Waals surface area contributed by atoms with Gasteiger partial charge >= 0.3 is 12.0 Å². The van der Waals surface area contributed by atoms with E-state index in [2.05, 4.69) is 23.6 Å². The van der Waals surface area contributed by atoms with E-state index >= 15 is 0 Å². The second-order valence-corrected chi connectivity index (χ2v) is 7.49. The maximum Gasteiger partial charge on any atom is 0.341 e. The van der Waals surface area contributed by atoms with Crippen molar-refractivity contribution >= 4 is 39.7 Å². The molecular weight excluding hydrogens is 332 g/mol. The number of carbonyl (C=O) groups is 2. The van der Waals surface area contributed by atoms with Gasteiger partial charge in [-0.15, -0.1) is 22.7 Å². The number of rotatable bonds is 5. The summed E-state index contributed by atoms with van der Waals surface area (Å²) < 4.78 is 4.79. The summed E-state index contributed by atoms with van der Waals surface area (Å²) in [4.78, 5) is 27.3. The predicted octanol–water partition coefficient (Wildman–Crippen LogP) is 4.10. The first-order chi connectivity index (χ1) is 11.0. The van der Waals surface area contributed by atoms with Crippen LogP contribution in [0.25, 0.3) is 0 Å². The van der Waals surface area contributed by atoms with E-state index < -0.39 is 5.97 Å². The van der Waals surface area contributed by atoms with Crippen molar-refractivity contribution in [2.45, 2.75) is 33.7 Å². The molecule has 0 unspecified atom stereocenters. The van der Waals surface area contributed by atoms with Crippen molar-refractivity contribution in [3.8, 4) is 0 Å². The van der Waals surface area contributed by atoms with E-state index in [9.17, 15) is 9.59 Å². The zero-order valence-corrected chi connectivity index (χ0v) is 15.2. The van der Waals surface area contributed by atoms with E-state index in [1.165, 1.54) is 23.3 Å². The summed E-state index contributed by atoms with van der Waals surface area (Å²) in [7, 11) is 1.33. The Hall–Kier alpha value is -1.86. The van der Waals surface area contributed by atoms with Gasteiger partial charge in [0.15, 0.2) is 0 Å². The minimum absolute atomic E-state index is 0.331. The lowest BCUT2D eigenvalue weighted by Gasteiger charge is -2.07. The summed E-state index contributed by atoms with van der Waals surface area (Å²) >= 11 is 3.06. The Morgan fingerprint density at radius 1 is 1.17 bits per heavy atom. The van der Waals surface area contributed by atoms with Crippen LogP contribution in [0.1, 0.15) is 37.5 Å². The second-order valence-electron chi connectivity index (χ2n) is 5.01. The first kappa shape index (κ1) is 17.5. The van der Waals surface area contributed by atoms with Crippen LogP contribution in [0.15, 0.2) is 12.1 Å². The van der Waals surface area contributed by atoms with E-state index in [-0.39, 0.29) is 6.03 Å². The fraction of sp³-hybridized carbons (Fsp3) is 0.375. The molecule has 0 atom stereocenters. The van der Waals surface area contributed by atoms with Crippen molar-refractivity contribution in [1.82, 2.24) is 5.32 Å². The van der Waals surface area contributed by atoms with Crippen LogP contribution in [0.4, 0.5) is 9.80 Å². The van der Waals surface area contributed by atoms with E-state index in [1.807, 2.05) is 19.9 Å². The number of hydrogen-bond acceptors (Lipinski definition) is 5. The van der Waals surface area contributed by atoms with E-state index in [1.54, 1.807) is 11.3 Å². The average Bonchev–Trinajstić information content (AvgIpc) is 3.10. The highest BCUT2D eigenvalue weighted by Crippen LogP contribution is 2.32. The predicted molar refractivity (Wildman–Crippen MR) is 94.7 cm³/mol. The maximum absolute atomic E-state index is 12.1. The molecular formula is C16H20N2O3S2. The van der Waals surface area contributed by atoms with Crippen LogP contribution in [0.5, 0.6) is 0 Å². The molecule has 2 amide bonds. The highest BCUT2D eigenvalue weighted by atomic mass is 32.1. The lowest BCUT2D eigenvalue weighted by atomic mass is 10.1. The molecule has 23 heavy (non-hydrogen) atoms. The molecule has 0 saturated heterocycles. The highest BCUT2D eigenvalue weighted by Gasteiger charge is 2.21. The average molecular weight is 352 g/mol. The fourth-order valence-electron chi connectivity index (χ4n) is 2.08. The molecule has 0 aliphatic carbocycles. The van der Waals surface area contributed by atoms with Gasteiger partial charge in [-0.2, -0.15) is 0 Å². The SMILES string of the molecule is CCc1ccc(CNC(=O)Nc2sc(C)c(C)c2C(=O)OC)s1.